The smallest absolute Gasteiger partial charge is 0.260 e. The van der Waals surface area contributed by atoms with Crippen LogP contribution in [-0.2, 0) is 13.1 Å². The molecule has 0 amide bonds. The Morgan fingerprint density at radius 2 is 1.88 bits per heavy atom. The molecule has 0 radical (unpaired) electrons. The molecule has 1 atom stereocenters. The number of hydrogen-bond donors (Lipinski definition) is 0. The van der Waals surface area contributed by atoms with Gasteiger partial charge in [-0.05, 0) is 55.2 Å². The molecule has 178 valence electrons. The van der Waals surface area contributed by atoms with Gasteiger partial charge in [0.05, 0.1) is 19.1 Å². The van der Waals surface area contributed by atoms with E-state index < -0.39 is 0 Å². The summed E-state index contributed by atoms with van der Waals surface area (Å²) in [5, 5.41) is 21.9. The van der Waals surface area contributed by atoms with Gasteiger partial charge in [0.25, 0.3) is 6.54 Å². The molecule has 1 aliphatic rings. The maximum Gasteiger partial charge on any atom is 0.260 e. The minimum absolute atomic E-state index is 0.159. The van der Waals surface area contributed by atoms with Crippen LogP contribution in [0, 0.1) is 17.0 Å². The predicted molar refractivity (Wildman–Crippen MR) is 133 cm³/mol. The number of aliphatic imine (C=N–C) groups is 1. The highest BCUT2D eigenvalue weighted by Crippen LogP contribution is 2.32. The van der Waals surface area contributed by atoms with Crippen molar-refractivity contribution < 1.29 is 4.92 Å². The molecule has 34 heavy (non-hydrogen) atoms. The molecule has 1 fully saturated rings. The Morgan fingerprint density at radius 3 is 2.59 bits per heavy atom. The Balaban J connectivity index is 1.62. The maximum atomic E-state index is 11.5. The van der Waals surface area contributed by atoms with E-state index in [-0.39, 0.29) is 24.1 Å². The molecule has 0 saturated carbocycles. The average molecular weight is 522 g/mol. The highest BCUT2D eigenvalue weighted by molar-refractivity contribution is 6.35. The zero-order valence-electron chi connectivity index (χ0n) is 18.5. The number of aryl methyl sites for hydroxylation is 1. The predicted octanol–water partition coefficient (Wildman–Crippen LogP) is 5.61. The van der Waals surface area contributed by atoms with Crippen LogP contribution in [0.15, 0.2) is 47.5 Å². The Labute approximate surface area is 212 Å². The van der Waals surface area contributed by atoms with Gasteiger partial charge in [-0.1, -0.05) is 53.0 Å². The van der Waals surface area contributed by atoms with E-state index in [0.717, 1.165) is 35.6 Å². The van der Waals surface area contributed by atoms with Crippen LogP contribution in [-0.4, -0.2) is 43.5 Å². The number of benzene rings is 2. The molecule has 3 aromatic rings. The molecule has 1 aliphatic heterocycles. The van der Waals surface area contributed by atoms with E-state index in [4.69, 9.17) is 34.8 Å². The second-order valence-electron chi connectivity index (χ2n) is 8.13. The number of nitro groups is 1. The van der Waals surface area contributed by atoms with Crippen LogP contribution >= 0.6 is 34.8 Å². The number of nitrogens with zero attached hydrogens (tertiary/aromatic N) is 6. The molecule has 0 spiro atoms. The summed E-state index contributed by atoms with van der Waals surface area (Å²) in [6.45, 7) is 2.97. The molecule has 1 aromatic heterocycles. The van der Waals surface area contributed by atoms with Crippen molar-refractivity contribution in [1.29, 1.82) is 0 Å². The van der Waals surface area contributed by atoms with Crippen molar-refractivity contribution in [3.8, 4) is 0 Å². The Hall–Kier alpha value is -2.68. The lowest BCUT2D eigenvalue weighted by atomic mass is 10.1. The number of hydrogen-bond acceptors (Lipinski definition) is 5. The van der Waals surface area contributed by atoms with Crippen LogP contribution in [0.4, 0.5) is 0 Å². The van der Waals surface area contributed by atoms with Gasteiger partial charge in [-0.3, -0.25) is 15.1 Å². The van der Waals surface area contributed by atoms with Crippen molar-refractivity contribution in [2.45, 2.75) is 38.9 Å². The summed E-state index contributed by atoms with van der Waals surface area (Å²) < 4.78 is 2.05. The highest BCUT2D eigenvalue weighted by atomic mass is 35.5. The highest BCUT2D eigenvalue weighted by Gasteiger charge is 2.34. The van der Waals surface area contributed by atoms with Crippen LogP contribution in [0.5, 0.6) is 0 Å². The first-order valence-electron chi connectivity index (χ1n) is 10.8. The summed E-state index contributed by atoms with van der Waals surface area (Å²) in [6, 6.07) is 12.6. The quantitative estimate of drug-likeness (QED) is 0.174. The Kier molecular flexibility index (Phi) is 7.70. The van der Waals surface area contributed by atoms with Crippen molar-refractivity contribution in [3.05, 3.63) is 90.4 Å². The lowest BCUT2D eigenvalue weighted by Gasteiger charge is -2.26. The minimum atomic E-state index is -0.383. The summed E-state index contributed by atoms with van der Waals surface area (Å²) in [5.74, 6) is 1.94. The number of aromatic nitrogens is 3. The fraction of sp³-hybridized carbons (Fsp3) is 0.348. The summed E-state index contributed by atoms with van der Waals surface area (Å²) >= 11 is 18.3. The molecule has 4 rings (SSSR count). The van der Waals surface area contributed by atoms with E-state index in [1.54, 1.807) is 18.2 Å². The average Bonchev–Trinajstić information content (AvgIpc) is 3.40. The van der Waals surface area contributed by atoms with Crippen LogP contribution in [0.25, 0.3) is 0 Å². The van der Waals surface area contributed by atoms with E-state index in [9.17, 15) is 10.1 Å². The third-order valence-electron chi connectivity index (χ3n) is 5.82. The first-order chi connectivity index (χ1) is 16.3. The first-order valence-corrected chi connectivity index (χ1v) is 11.9. The molecule has 8 nitrogen and oxygen atoms in total. The van der Waals surface area contributed by atoms with Crippen molar-refractivity contribution in [1.82, 2.24) is 19.7 Å². The summed E-state index contributed by atoms with van der Waals surface area (Å²) in [7, 11) is 0. The van der Waals surface area contributed by atoms with Gasteiger partial charge in [0.1, 0.15) is 5.82 Å². The minimum Gasteiger partial charge on any atom is -0.345 e. The summed E-state index contributed by atoms with van der Waals surface area (Å²) in [4.78, 5) is 17.7. The van der Waals surface area contributed by atoms with Crippen LogP contribution in [0.2, 0.25) is 15.1 Å². The van der Waals surface area contributed by atoms with Gasteiger partial charge < -0.3 is 9.47 Å². The van der Waals surface area contributed by atoms with E-state index in [1.807, 2.05) is 40.7 Å². The summed E-state index contributed by atoms with van der Waals surface area (Å²) in [6.07, 6.45) is 1.67. The largest absolute Gasteiger partial charge is 0.345 e. The molecule has 0 N–H and O–H groups in total. The van der Waals surface area contributed by atoms with Crippen molar-refractivity contribution >= 4 is 40.6 Å². The Bertz CT molecular complexity index is 1210. The standard InChI is InChI=1S/C23H23Cl3N6O2/c1-15-28-29-23(31(15)13-16-4-7-18(24)8-5-16)21-3-2-10-30(21)22(14-32(33)34)27-12-17-6-9-19(25)11-20(17)26/h4-9,11,21H,2-3,10,12-14H2,1H3/t21-/m1/s1. The topological polar surface area (TPSA) is 89.4 Å². The monoisotopic (exact) mass is 520 g/mol. The Morgan fingerprint density at radius 1 is 1.15 bits per heavy atom. The summed E-state index contributed by atoms with van der Waals surface area (Å²) in [5.41, 5.74) is 1.82. The molecule has 0 aliphatic carbocycles. The third kappa shape index (κ3) is 5.68. The van der Waals surface area contributed by atoms with Crippen LogP contribution < -0.4 is 0 Å². The lowest BCUT2D eigenvalue weighted by Crippen LogP contribution is -2.36. The van der Waals surface area contributed by atoms with E-state index in [2.05, 4.69) is 15.2 Å². The molecule has 2 aromatic carbocycles. The zero-order chi connectivity index (χ0) is 24.2. The molecule has 0 unspecified atom stereocenters. The maximum absolute atomic E-state index is 11.5. The van der Waals surface area contributed by atoms with Gasteiger partial charge in [-0.15, -0.1) is 10.2 Å². The van der Waals surface area contributed by atoms with Crippen molar-refractivity contribution in [2.75, 3.05) is 13.1 Å². The van der Waals surface area contributed by atoms with E-state index >= 15 is 0 Å². The molecule has 1 saturated heterocycles. The number of amidine groups is 1. The normalized spacial score (nSPS) is 16.3. The van der Waals surface area contributed by atoms with Gasteiger partial charge in [0.15, 0.2) is 11.7 Å². The van der Waals surface area contributed by atoms with Gasteiger partial charge in [-0.2, -0.15) is 0 Å². The van der Waals surface area contributed by atoms with Gasteiger partial charge in [0.2, 0.25) is 0 Å². The van der Waals surface area contributed by atoms with Gasteiger partial charge in [0, 0.05) is 26.5 Å². The van der Waals surface area contributed by atoms with Crippen molar-refractivity contribution in [3.63, 3.8) is 0 Å². The molecule has 2 heterocycles. The fourth-order valence-corrected chi connectivity index (χ4v) is 4.72. The SMILES string of the molecule is Cc1nnc([C@H]2CCCN2C(C[N+](=O)[O-])=NCc2ccc(Cl)cc2Cl)n1Cc1ccc(Cl)cc1. The van der Waals surface area contributed by atoms with Gasteiger partial charge >= 0.3 is 0 Å². The molecular formula is C23H23Cl3N6O2. The first kappa shape index (κ1) is 24.4. The van der Waals surface area contributed by atoms with E-state index in [1.165, 1.54) is 0 Å². The molecule has 0 bridgehead atoms. The number of rotatable bonds is 7. The second-order valence-corrected chi connectivity index (χ2v) is 9.41. The number of likely N-dealkylation sites (tertiary alicyclic amines) is 1. The van der Waals surface area contributed by atoms with Gasteiger partial charge in [-0.25, -0.2) is 0 Å². The van der Waals surface area contributed by atoms with Crippen molar-refractivity contribution in [2.24, 2.45) is 4.99 Å². The lowest BCUT2D eigenvalue weighted by molar-refractivity contribution is -0.464. The van der Waals surface area contributed by atoms with E-state index in [0.29, 0.717) is 34.0 Å². The zero-order valence-corrected chi connectivity index (χ0v) is 20.8. The molecular weight excluding hydrogens is 499 g/mol. The van der Waals surface area contributed by atoms with Crippen LogP contribution in [0.1, 0.15) is 41.7 Å². The second kappa shape index (κ2) is 10.7. The fourth-order valence-electron chi connectivity index (χ4n) is 4.13. The molecule has 11 heteroatoms. The third-order valence-corrected chi connectivity index (χ3v) is 6.66. The van der Waals surface area contributed by atoms with Crippen LogP contribution in [0.3, 0.4) is 0 Å². The number of halogens is 3.